The number of benzene rings is 2. The number of halogens is 8. The fraction of sp³-hybridized carbons (Fsp3) is 0.519. The van der Waals surface area contributed by atoms with Crippen LogP contribution in [-0.4, -0.2) is 55.9 Å². The number of nitrogens with zero attached hydrogens (tertiary/aromatic N) is 1. The monoisotopic (exact) mass is 613 g/mol. The number of carbonyl (C=O) groups is 1. The van der Waals surface area contributed by atoms with Crippen molar-refractivity contribution < 1.29 is 53.4 Å². The molecule has 2 aromatic rings. The number of alkyl halides is 7. The minimum Gasteiger partial charge on any atom is -0.383 e. The molecular weight excluding hydrogens is 586 g/mol. The average Bonchev–Trinajstić information content (AvgIpc) is 3.31. The van der Waals surface area contributed by atoms with Crippen molar-refractivity contribution in [3.63, 3.8) is 0 Å². The van der Waals surface area contributed by atoms with E-state index in [2.05, 4.69) is 0 Å². The van der Waals surface area contributed by atoms with E-state index in [-0.39, 0.29) is 47.9 Å². The molecule has 0 aromatic heterocycles. The van der Waals surface area contributed by atoms with Gasteiger partial charge in [0.2, 0.25) is 0 Å². The van der Waals surface area contributed by atoms with Gasteiger partial charge in [-0.15, -0.1) is 0 Å². The van der Waals surface area contributed by atoms with Crippen molar-refractivity contribution in [3.05, 3.63) is 65.0 Å². The van der Waals surface area contributed by atoms with Gasteiger partial charge in [-0.05, 0) is 54.7 Å². The maximum Gasteiger partial charge on any atom is 0.435 e. The molecule has 1 heterocycles. The Morgan fingerprint density at radius 3 is 2.22 bits per heavy atom. The number of hydrogen-bond donors (Lipinski definition) is 1. The van der Waals surface area contributed by atoms with Gasteiger partial charge in [0.15, 0.2) is 9.84 Å². The van der Waals surface area contributed by atoms with E-state index in [1.807, 2.05) is 6.92 Å². The first-order valence-corrected chi connectivity index (χ1v) is 14.3. The van der Waals surface area contributed by atoms with Crippen LogP contribution in [0.3, 0.4) is 0 Å². The molecule has 3 unspecified atom stereocenters. The van der Waals surface area contributed by atoms with Crippen LogP contribution < -0.4 is 0 Å². The van der Waals surface area contributed by atoms with Crippen molar-refractivity contribution in [2.75, 3.05) is 13.1 Å². The lowest BCUT2D eigenvalue weighted by atomic mass is 9.75. The number of aliphatic hydroxyl groups excluding tert-OH is 1. The van der Waals surface area contributed by atoms with Gasteiger partial charge in [-0.1, -0.05) is 38.0 Å². The van der Waals surface area contributed by atoms with Crippen molar-refractivity contribution in [1.82, 2.24) is 4.90 Å². The Hall–Kier alpha value is -2.74. The molecule has 1 aliphatic carbocycles. The molecule has 0 spiro atoms. The van der Waals surface area contributed by atoms with Crippen LogP contribution in [0.5, 0.6) is 0 Å². The number of carbonyl (C=O) groups excluding carboxylic acids is 1. The molecule has 2 aliphatic rings. The number of likely N-dealkylation sites (tertiary alicyclic amines) is 1. The number of aliphatic hydroxyl groups is 1. The molecule has 1 amide bonds. The Balaban J connectivity index is 1.90. The third kappa shape index (κ3) is 4.90. The average molecular weight is 614 g/mol. The second-order valence-corrected chi connectivity index (χ2v) is 12.7. The highest BCUT2D eigenvalue weighted by Gasteiger charge is 2.73. The Morgan fingerprint density at radius 2 is 1.66 bits per heavy atom. The van der Waals surface area contributed by atoms with Gasteiger partial charge in [-0.25, -0.2) is 17.2 Å². The number of amides is 1. The number of aryl methyl sites for hydroxylation is 1. The van der Waals surface area contributed by atoms with Crippen molar-refractivity contribution in [3.8, 4) is 0 Å². The number of fused-ring (bicyclic) bond motifs is 3. The molecule has 5 nitrogen and oxygen atoms in total. The molecule has 4 rings (SSSR count). The quantitative estimate of drug-likeness (QED) is 0.320. The van der Waals surface area contributed by atoms with Gasteiger partial charge in [0.05, 0.1) is 4.90 Å². The van der Waals surface area contributed by atoms with E-state index in [0.29, 0.717) is 18.9 Å². The Labute approximate surface area is 231 Å². The van der Waals surface area contributed by atoms with Gasteiger partial charge in [0.1, 0.15) is 16.7 Å². The highest BCUT2D eigenvalue weighted by atomic mass is 32.2. The summed E-state index contributed by atoms with van der Waals surface area (Å²) in [4.78, 5) is 13.8. The number of sulfone groups is 1. The van der Waals surface area contributed by atoms with Crippen molar-refractivity contribution in [1.29, 1.82) is 0 Å². The van der Waals surface area contributed by atoms with Crippen LogP contribution >= 0.6 is 0 Å². The summed E-state index contributed by atoms with van der Waals surface area (Å²) in [5.41, 5.74) is -7.88. The Morgan fingerprint density at radius 1 is 1.05 bits per heavy atom. The summed E-state index contributed by atoms with van der Waals surface area (Å²) in [6.45, 7) is 1.10. The molecule has 0 radical (unpaired) electrons. The summed E-state index contributed by atoms with van der Waals surface area (Å²) < 4.78 is 136. The van der Waals surface area contributed by atoms with E-state index in [1.165, 1.54) is 0 Å². The SMILES string of the molecule is CCCCC(O)C(=O)N1CC2CCc3cc(C(F)(C(F)(F)F)C(F)(F)F)ccc3C2(S(=O)(=O)c2ccc(F)cc2)C1. The lowest BCUT2D eigenvalue weighted by Crippen LogP contribution is -2.51. The fourth-order valence-electron chi connectivity index (χ4n) is 5.94. The predicted octanol–water partition coefficient (Wildman–Crippen LogP) is 5.74. The van der Waals surface area contributed by atoms with E-state index >= 15 is 0 Å². The smallest absolute Gasteiger partial charge is 0.383 e. The van der Waals surface area contributed by atoms with Crippen LogP contribution in [0, 0.1) is 11.7 Å². The van der Waals surface area contributed by atoms with E-state index < -0.39 is 68.5 Å². The topological polar surface area (TPSA) is 74.7 Å². The summed E-state index contributed by atoms with van der Waals surface area (Å²) in [7, 11) is -4.59. The lowest BCUT2D eigenvalue weighted by Gasteiger charge is -2.40. The van der Waals surface area contributed by atoms with E-state index in [4.69, 9.17) is 0 Å². The van der Waals surface area contributed by atoms with Crippen molar-refractivity contribution in [2.45, 2.75) is 72.8 Å². The van der Waals surface area contributed by atoms with Crippen LogP contribution in [0.15, 0.2) is 47.4 Å². The van der Waals surface area contributed by atoms with E-state index in [9.17, 15) is 53.4 Å². The van der Waals surface area contributed by atoms with Gasteiger partial charge < -0.3 is 10.0 Å². The van der Waals surface area contributed by atoms with E-state index in [0.717, 1.165) is 35.2 Å². The molecular formula is C27H27F8NO4S. The number of hydrogen-bond acceptors (Lipinski definition) is 4. The second kappa shape index (κ2) is 10.5. The van der Waals surface area contributed by atoms with E-state index in [1.54, 1.807) is 0 Å². The minimum atomic E-state index is -6.36. The largest absolute Gasteiger partial charge is 0.435 e. The molecule has 1 aliphatic heterocycles. The van der Waals surface area contributed by atoms with Gasteiger partial charge in [0.25, 0.3) is 5.91 Å². The lowest BCUT2D eigenvalue weighted by molar-refractivity contribution is -0.348. The molecule has 0 saturated carbocycles. The molecule has 0 bridgehead atoms. The first-order chi connectivity index (χ1) is 18.9. The molecule has 1 fully saturated rings. The zero-order chi connectivity index (χ0) is 30.6. The summed E-state index contributed by atoms with van der Waals surface area (Å²) in [5, 5.41) is 10.4. The third-order valence-electron chi connectivity index (χ3n) is 8.06. The van der Waals surface area contributed by atoms with Crippen LogP contribution in [0.25, 0.3) is 0 Å². The maximum absolute atomic E-state index is 14.9. The van der Waals surface area contributed by atoms with Gasteiger partial charge in [-0.3, -0.25) is 4.79 Å². The first kappa shape index (κ1) is 31.2. The molecule has 1 saturated heterocycles. The molecule has 3 atom stereocenters. The fourth-order valence-corrected chi connectivity index (χ4v) is 8.30. The maximum atomic E-state index is 14.9. The predicted molar refractivity (Wildman–Crippen MR) is 131 cm³/mol. The second-order valence-electron chi connectivity index (χ2n) is 10.5. The third-order valence-corrected chi connectivity index (χ3v) is 10.6. The zero-order valence-corrected chi connectivity index (χ0v) is 22.5. The van der Waals surface area contributed by atoms with Gasteiger partial charge in [-0.2, -0.15) is 26.3 Å². The highest BCUT2D eigenvalue weighted by Crippen LogP contribution is 2.56. The number of rotatable bonds is 7. The highest BCUT2D eigenvalue weighted by molar-refractivity contribution is 7.92. The summed E-state index contributed by atoms with van der Waals surface area (Å²) in [6.07, 6.45) is -13.2. The first-order valence-electron chi connectivity index (χ1n) is 12.8. The van der Waals surface area contributed by atoms with Crippen molar-refractivity contribution in [2.24, 2.45) is 5.92 Å². The molecule has 2 aromatic carbocycles. The zero-order valence-electron chi connectivity index (χ0n) is 21.7. The van der Waals surface area contributed by atoms with Gasteiger partial charge in [0, 0.05) is 24.6 Å². The minimum absolute atomic E-state index is 0.0803. The van der Waals surface area contributed by atoms with Crippen LogP contribution in [0.4, 0.5) is 35.1 Å². The number of unbranched alkanes of at least 4 members (excludes halogenated alkanes) is 1. The molecule has 226 valence electrons. The normalized spacial score (nSPS) is 22.3. The standard InChI is InChI=1S/C27H27F8NO4S/c1-2-3-4-22(37)23(38)36-14-18-6-5-16-13-17(25(29,26(30,31)32)27(33,34)35)7-12-21(16)24(18,15-36)41(39,40)20-10-8-19(28)9-11-20/h7-13,18,22,37H,2-6,14-15H2,1H3. The molecule has 41 heavy (non-hydrogen) atoms. The summed E-state index contributed by atoms with van der Waals surface area (Å²) in [5.74, 6) is -2.40. The summed E-state index contributed by atoms with van der Waals surface area (Å²) in [6, 6.07) is 5.09. The molecule has 14 heteroatoms. The molecule has 1 N–H and O–H groups in total. The van der Waals surface area contributed by atoms with Gasteiger partial charge >= 0.3 is 18.0 Å². The Kier molecular flexibility index (Phi) is 8.00. The Bertz CT molecular complexity index is 1390. The summed E-state index contributed by atoms with van der Waals surface area (Å²) >= 11 is 0. The van der Waals surface area contributed by atoms with Crippen LogP contribution in [0.1, 0.15) is 49.3 Å². The van der Waals surface area contributed by atoms with Crippen LogP contribution in [-0.2, 0) is 31.5 Å². The van der Waals surface area contributed by atoms with Crippen molar-refractivity contribution >= 4 is 15.7 Å². The van der Waals surface area contributed by atoms with Crippen LogP contribution in [0.2, 0.25) is 0 Å².